The molecule has 2 aromatic rings. The lowest BCUT2D eigenvalue weighted by Crippen LogP contribution is -2.24. The zero-order valence-electron chi connectivity index (χ0n) is 13.2. The van der Waals surface area contributed by atoms with Crippen molar-refractivity contribution in [3.63, 3.8) is 0 Å². The summed E-state index contributed by atoms with van der Waals surface area (Å²) in [7, 11) is 0. The minimum Gasteiger partial charge on any atom is -0.312 e. The normalized spacial score (nSPS) is 11.1. The lowest BCUT2D eigenvalue weighted by Gasteiger charge is -2.08. The van der Waals surface area contributed by atoms with Crippen molar-refractivity contribution >= 4 is 0 Å². The summed E-state index contributed by atoms with van der Waals surface area (Å²) in [4.78, 5) is 11.8. The summed E-state index contributed by atoms with van der Waals surface area (Å²) in [6.07, 6.45) is 0. The maximum atomic E-state index is 11.8. The minimum atomic E-state index is -0.126. The number of aromatic amines is 1. The van der Waals surface area contributed by atoms with Crippen LogP contribution in [0.3, 0.4) is 0 Å². The fourth-order valence-corrected chi connectivity index (χ4v) is 2.12. The van der Waals surface area contributed by atoms with Crippen molar-refractivity contribution in [3.05, 3.63) is 51.3 Å². The molecule has 0 spiro atoms. The molecular weight excluding hydrogens is 262 g/mol. The second-order valence-electron chi connectivity index (χ2n) is 5.93. The van der Waals surface area contributed by atoms with Gasteiger partial charge in [-0.3, -0.25) is 4.79 Å². The summed E-state index contributed by atoms with van der Waals surface area (Å²) in [6, 6.07) is 8.08. The summed E-state index contributed by atoms with van der Waals surface area (Å²) < 4.78 is 0. The van der Waals surface area contributed by atoms with Gasteiger partial charge in [-0.15, -0.1) is 0 Å². The Morgan fingerprint density at radius 1 is 1.19 bits per heavy atom. The van der Waals surface area contributed by atoms with Gasteiger partial charge in [0.2, 0.25) is 0 Å². The molecule has 0 atom stereocenters. The zero-order chi connectivity index (χ0) is 15.4. The molecule has 0 saturated carbocycles. The first kappa shape index (κ1) is 15.4. The highest BCUT2D eigenvalue weighted by atomic mass is 16.1. The Kier molecular flexibility index (Phi) is 4.91. The van der Waals surface area contributed by atoms with E-state index < -0.39 is 0 Å². The van der Waals surface area contributed by atoms with Crippen LogP contribution >= 0.6 is 0 Å². The second-order valence-corrected chi connectivity index (χ2v) is 5.93. The molecule has 21 heavy (non-hydrogen) atoms. The standard InChI is InChI=1S/C17H23N3O/c1-11(2)9-18-10-15-8-16(19-20-17(15)21)14-6-5-12(3)13(4)7-14/h5-8,11,18H,9-10H2,1-4H3,(H,20,21). The van der Waals surface area contributed by atoms with Crippen LogP contribution < -0.4 is 10.9 Å². The topological polar surface area (TPSA) is 57.8 Å². The van der Waals surface area contributed by atoms with Crippen LogP contribution in [0.5, 0.6) is 0 Å². The van der Waals surface area contributed by atoms with Crippen molar-refractivity contribution < 1.29 is 0 Å². The number of rotatable bonds is 5. The summed E-state index contributed by atoms with van der Waals surface area (Å²) in [6.45, 7) is 9.90. The number of nitrogens with one attached hydrogen (secondary N) is 2. The van der Waals surface area contributed by atoms with E-state index in [9.17, 15) is 4.79 Å². The number of aryl methyl sites for hydroxylation is 2. The molecule has 4 nitrogen and oxygen atoms in total. The van der Waals surface area contributed by atoms with Crippen LogP contribution in [0.25, 0.3) is 11.3 Å². The van der Waals surface area contributed by atoms with E-state index >= 15 is 0 Å². The number of aromatic nitrogens is 2. The lowest BCUT2D eigenvalue weighted by atomic mass is 10.0. The van der Waals surface area contributed by atoms with Crippen LogP contribution in [-0.4, -0.2) is 16.7 Å². The third-order valence-electron chi connectivity index (χ3n) is 3.55. The van der Waals surface area contributed by atoms with E-state index in [1.54, 1.807) is 0 Å². The number of hydrogen-bond donors (Lipinski definition) is 2. The van der Waals surface area contributed by atoms with Gasteiger partial charge in [-0.05, 0) is 49.6 Å². The van der Waals surface area contributed by atoms with E-state index in [0.717, 1.165) is 23.4 Å². The molecule has 112 valence electrons. The maximum Gasteiger partial charge on any atom is 0.268 e. The average molecular weight is 285 g/mol. The Hall–Kier alpha value is -1.94. The molecule has 1 aromatic heterocycles. The van der Waals surface area contributed by atoms with Crippen molar-refractivity contribution in [2.75, 3.05) is 6.54 Å². The van der Waals surface area contributed by atoms with Gasteiger partial charge in [0.25, 0.3) is 5.56 Å². The molecule has 1 heterocycles. The van der Waals surface area contributed by atoms with Gasteiger partial charge in [0.05, 0.1) is 5.69 Å². The van der Waals surface area contributed by atoms with E-state index in [0.29, 0.717) is 12.5 Å². The van der Waals surface area contributed by atoms with E-state index in [1.165, 1.54) is 11.1 Å². The predicted molar refractivity (Wildman–Crippen MR) is 86.3 cm³/mol. The van der Waals surface area contributed by atoms with Crippen LogP contribution in [-0.2, 0) is 6.54 Å². The zero-order valence-corrected chi connectivity index (χ0v) is 13.2. The van der Waals surface area contributed by atoms with Crippen LogP contribution in [0, 0.1) is 19.8 Å². The quantitative estimate of drug-likeness (QED) is 0.888. The fraction of sp³-hybridized carbons (Fsp3) is 0.412. The Morgan fingerprint density at radius 2 is 1.95 bits per heavy atom. The monoisotopic (exact) mass is 285 g/mol. The molecule has 1 aromatic carbocycles. The molecule has 0 saturated heterocycles. The van der Waals surface area contributed by atoms with Gasteiger partial charge in [-0.1, -0.05) is 26.0 Å². The third kappa shape index (κ3) is 4.02. The minimum absolute atomic E-state index is 0.126. The Balaban J connectivity index is 2.25. The SMILES string of the molecule is Cc1ccc(-c2cc(CNCC(C)C)c(=O)[nH]n2)cc1C. The first-order valence-electron chi connectivity index (χ1n) is 7.34. The molecule has 2 rings (SSSR count). The van der Waals surface area contributed by atoms with Crippen LogP contribution in [0.15, 0.2) is 29.1 Å². The molecule has 0 radical (unpaired) electrons. The van der Waals surface area contributed by atoms with Crippen molar-refractivity contribution in [2.45, 2.75) is 34.2 Å². The lowest BCUT2D eigenvalue weighted by molar-refractivity contribution is 0.550. The molecule has 4 heteroatoms. The first-order valence-corrected chi connectivity index (χ1v) is 7.34. The Labute approximate surface area is 125 Å². The van der Waals surface area contributed by atoms with Gasteiger partial charge in [-0.2, -0.15) is 5.10 Å². The van der Waals surface area contributed by atoms with E-state index in [-0.39, 0.29) is 5.56 Å². The molecule has 0 amide bonds. The van der Waals surface area contributed by atoms with Gasteiger partial charge < -0.3 is 5.32 Å². The van der Waals surface area contributed by atoms with E-state index in [4.69, 9.17) is 0 Å². The highest BCUT2D eigenvalue weighted by Gasteiger charge is 2.06. The largest absolute Gasteiger partial charge is 0.312 e. The Morgan fingerprint density at radius 3 is 2.62 bits per heavy atom. The van der Waals surface area contributed by atoms with E-state index in [2.05, 4.69) is 55.3 Å². The number of hydrogen-bond acceptors (Lipinski definition) is 3. The van der Waals surface area contributed by atoms with Crippen molar-refractivity contribution in [1.82, 2.24) is 15.5 Å². The van der Waals surface area contributed by atoms with Gasteiger partial charge >= 0.3 is 0 Å². The number of benzene rings is 1. The molecular formula is C17H23N3O. The molecule has 0 bridgehead atoms. The average Bonchev–Trinajstić information content (AvgIpc) is 2.43. The molecule has 0 aliphatic heterocycles. The smallest absolute Gasteiger partial charge is 0.268 e. The Bertz CT molecular complexity index is 674. The van der Waals surface area contributed by atoms with Gasteiger partial charge in [0.15, 0.2) is 0 Å². The molecule has 0 aliphatic carbocycles. The third-order valence-corrected chi connectivity index (χ3v) is 3.55. The first-order chi connectivity index (χ1) is 9.97. The fourth-order valence-electron chi connectivity index (χ4n) is 2.12. The van der Waals surface area contributed by atoms with Crippen molar-refractivity contribution in [3.8, 4) is 11.3 Å². The molecule has 0 aliphatic rings. The highest BCUT2D eigenvalue weighted by molar-refractivity contribution is 5.60. The second kappa shape index (κ2) is 6.68. The van der Waals surface area contributed by atoms with Gasteiger partial charge in [0, 0.05) is 17.7 Å². The summed E-state index contributed by atoms with van der Waals surface area (Å²) in [5.74, 6) is 0.560. The van der Waals surface area contributed by atoms with Gasteiger partial charge in [0.1, 0.15) is 0 Å². The molecule has 0 unspecified atom stereocenters. The van der Waals surface area contributed by atoms with E-state index in [1.807, 2.05) is 12.1 Å². The number of H-pyrrole nitrogens is 1. The molecule has 0 fully saturated rings. The summed E-state index contributed by atoms with van der Waals surface area (Å²) in [5.41, 5.74) is 4.90. The maximum absolute atomic E-state index is 11.8. The van der Waals surface area contributed by atoms with Gasteiger partial charge in [-0.25, -0.2) is 5.10 Å². The predicted octanol–water partition coefficient (Wildman–Crippen LogP) is 2.80. The molecule has 2 N–H and O–H groups in total. The number of nitrogens with zero attached hydrogens (tertiary/aromatic N) is 1. The summed E-state index contributed by atoms with van der Waals surface area (Å²) in [5, 5.41) is 10.0. The van der Waals surface area contributed by atoms with Crippen LogP contribution in [0.4, 0.5) is 0 Å². The summed E-state index contributed by atoms with van der Waals surface area (Å²) >= 11 is 0. The van der Waals surface area contributed by atoms with Crippen molar-refractivity contribution in [1.29, 1.82) is 0 Å². The highest BCUT2D eigenvalue weighted by Crippen LogP contribution is 2.19. The van der Waals surface area contributed by atoms with Crippen LogP contribution in [0.1, 0.15) is 30.5 Å². The van der Waals surface area contributed by atoms with Crippen LogP contribution in [0.2, 0.25) is 0 Å². The van der Waals surface area contributed by atoms with Crippen molar-refractivity contribution in [2.24, 2.45) is 5.92 Å².